The SMILES string of the molecule is COc1ccc2c(c1OC)C(=O)O[C@H]2Nc1nc2ccc(C)cc2s1. The van der Waals surface area contributed by atoms with E-state index in [0.717, 1.165) is 10.2 Å². The molecule has 6 nitrogen and oxygen atoms in total. The Morgan fingerprint density at radius 1 is 1.20 bits per heavy atom. The number of nitrogens with zero attached hydrogens (tertiary/aromatic N) is 1. The van der Waals surface area contributed by atoms with E-state index in [2.05, 4.69) is 16.4 Å². The maximum Gasteiger partial charge on any atom is 0.344 e. The second-order valence-electron chi connectivity index (χ2n) is 5.69. The molecule has 7 heteroatoms. The van der Waals surface area contributed by atoms with Crippen LogP contribution >= 0.6 is 11.3 Å². The number of aromatic nitrogens is 1. The van der Waals surface area contributed by atoms with Gasteiger partial charge in [0, 0.05) is 5.56 Å². The molecule has 0 amide bonds. The van der Waals surface area contributed by atoms with Gasteiger partial charge in [-0.05, 0) is 36.8 Å². The molecule has 0 saturated heterocycles. The van der Waals surface area contributed by atoms with Gasteiger partial charge in [0.15, 0.2) is 16.6 Å². The molecule has 1 N–H and O–H groups in total. The molecule has 2 aromatic carbocycles. The molecule has 3 aromatic rings. The number of methoxy groups -OCH3 is 2. The Morgan fingerprint density at radius 2 is 2.04 bits per heavy atom. The Balaban J connectivity index is 1.70. The third-order valence-corrected chi connectivity index (χ3v) is 5.04. The van der Waals surface area contributed by atoms with Crippen LogP contribution in [0, 0.1) is 6.92 Å². The van der Waals surface area contributed by atoms with E-state index in [9.17, 15) is 4.79 Å². The van der Waals surface area contributed by atoms with Gasteiger partial charge in [-0.3, -0.25) is 0 Å². The predicted octanol–water partition coefficient (Wildman–Crippen LogP) is 3.90. The fourth-order valence-electron chi connectivity index (χ4n) is 2.91. The molecule has 2 heterocycles. The van der Waals surface area contributed by atoms with Crippen molar-refractivity contribution in [2.24, 2.45) is 0 Å². The highest BCUT2D eigenvalue weighted by molar-refractivity contribution is 7.22. The lowest BCUT2D eigenvalue weighted by atomic mass is 10.1. The molecule has 1 aliphatic heterocycles. The van der Waals surface area contributed by atoms with Crippen molar-refractivity contribution in [1.29, 1.82) is 0 Å². The summed E-state index contributed by atoms with van der Waals surface area (Å²) in [4.78, 5) is 16.9. The summed E-state index contributed by atoms with van der Waals surface area (Å²) < 4.78 is 17.2. The first kappa shape index (κ1) is 15.7. The van der Waals surface area contributed by atoms with E-state index in [1.165, 1.54) is 31.1 Å². The number of rotatable bonds is 4. The number of hydrogen-bond donors (Lipinski definition) is 1. The van der Waals surface area contributed by atoms with Gasteiger partial charge in [0.25, 0.3) is 0 Å². The summed E-state index contributed by atoms with van der Waals surface area (Å²) in [7, 11) is 3.03. The Labute approximate surface area is 148 Å². The van der Waals surface area contributed by atoms with Gasteiger partial charge in [0.05, 0.1) is 24.4 Å². The van der Waals surface area contributed by atoms with Crippen LogP contribution in [0.25, 0.3) is 10.2 Å². The lowest BCUT2D eigenvalue weighted by Crippen LogP contribution is -2.09. The fraction of sp³-hybridized carbons (Fsp3) is 0.222. The molecule has 0 saturated carbocycles. The largest absolute Gasteiger partial charge is 0.493 e. The topological polar surface area (TPSA) is 69.7 Å². The van der Waals surface area contributed by atoms with Crippen molar-refractivity contribution < 1.29 is 19.0 Å². The predicted molar refractivity (Wildman–Crippen MR) is 95.7 cm³/mol. The maximum absolute atomic E-state index is 12.3. The number of aryl methyl sites for hydroxylation is 1. The number of hydrogen-bond acceptors (Lipinski definition) is 7. The van der Waals surface area contributed by atoms with Crippen LogP contribution in [0.3, 0.4) is 0 Å². The molecule has 4 rings (SSSR count). The molecule has 128 valence electrons. The van der Waals surface area contributed by atoms with E-state index in [-0.39, 0.29) is 0 Å². The van der Waals surface area contributed by atoms with Crippen LogP contribution in [0.2, 0.25) is 0 Å². The third-order valence-electron chi connectivity index (χ3n) is 4.09. The van der Waals surface area contributed by atoms with Gasteiger partial charge in [-0.2, -0.15) is 0 Å². The van der Waals surface area contributed by atoms with E-state index < -0.39 is 12.2 Å². The third kappa shape index (κ3) is 2.56. The second-order valence-corrected chi connectivity index (χ2v) is 6.72. The highest BCUT2D eigenvalue weighted by Crippen LogP contribution is 2.42. The first-order valence-electron chi connectivity index (χ1n) is 7.70. The summed E-state index contributed by atoms with van der Waals surface area (Å²) in [5, 5.41) is 3.89. The molecule has 0 spiro atoms. The van der Waals surface area contributed by atoms with Crippen molar-refractivity contribution in [1.82, 2.24) is 4.98 Å². The Morgan fingerprint density at radius 3 is 2.80 bits per heavy atom. The Kier molecular flexibility index (Phi) is 3.73. The van der Waals surface area contributed by atoms with E-state index in [1.807, 2.05) is 19.1 Å². The minimum absolute atomic E-state index is 0.384. The van der Waals surface area contributed by atoms with Crippen LogP contribution in [0.1, 0.15) is 27.7 Å². The first-order chi connectivity index (χ1) is 12.1. The number of ether oxygens (including phenoxy) is 3. The molecular weight excluding hydrogens is 340 g/mol. The van der Waals surface area contributed by atoms with Crippen LogP contribution in [0.5, 0.6) is 11.5 Å². The molecule has 0 fully saturated rings. The lowest BCUT2D eigenvalue weighted by Gasteiger charge is -2.13. The van der Waals surface area contributed by atoms with Crippen molar-refractivity contribution in [3.05, 3.63) is 47.0 Å². The number of carbonyl (C=O) groups is 1. The zero-order valence-electron chi connectivity index (χ0n) is 14.0. The number of cyclic esters (lactones) is 1. The molecule has 25 heavy (non-hydrogen) atoms. The zero-order chi connectivity index (χ0) is 17.6. The van der Waals surface area contributed by atoms with E-state index in [1.54, 1.807) is 12.1 Å². The molecule has 0 aliphatic carbocycles. The lowest BCUT2D eigenvalue weighted by molar-refractivity contribution is 0.0435. The molecule has 1 atom stereocenters. The van der Waals surface area contributed by atoms with Gasteiger partial charge in [-0.25, -0.2) is 9.78 Å². The van der Waals surface area contributed by atoms with Gasteiger partial charge in [0.1, 0.15) is 5.56 Å². The van der Waals surface area contributed by atoms with Crippen molar-refractivity contribution in [3.63, 3.8) is 0 Å². The summed E-state index contributed by atoms with van der Waals surface area (Å²) in [6.45, 7) is 2.04. The van der Waals surface area contributed by atoms with Crippen LogP contribution in [-0.4, -0.2) is 25.2 Å². The number of anilines is 1. The van der Waals surface area contributed by atoms with Crippen LogP contribution < -0.4 is 14.8 Å². The first-order valence-corrected chi connectivity index (χ1v) is 8.52. The summed E-state index contributed by atoms with van der Waals surface area (Å²) in [6, 6.07) is 9.65. The van der Waals surface area contributed by atoms with Gasteiger partial charge in [-0.15, -0.1) is 0 Å². The summed E-state index contributed by atoms with van der Waals surface area (Å²) in [5.41, 5.74) is 3.18. The number of fused-ring (bicyclic) bond motifs is 2. The summed E-state index contributed by atoms with van der Waals surface area (Å²) in [6.07, 6.45) is -0.607. The van der Waals surface area contributed by atoms with E-state index >= 15 is 0 Å². The highest BCUT2D eigenvalue weighted by Gasteiger charge is 2.36. The number of thiazole rings is 1. The fourth-order valence-corrected chi connectivity index (χ4v) is 3.89. The average Bonchev–Trinajstić information content (AvgIpc) is 3.14. The smallest absolute Gasteiger partial charge is 0.344 e. The molecular formula is C18H16N2O4S. The number of nitrogens with one attached hydrogen (secondary N) is 1. The van der Waals surface area contributed by atoms with E-state index in [0.29, 0.717) is 27.8 Å². The summed E-state index contributed by atoms with van der Waals surface area (Å²) >= 11 is 1.52. The second kappa shape index (κ2) is 5.93. The van der Waals surface area contributed by atoms with E-state index in [4.69, 9.17) is 14.2 Å². The van der Waals surface area contributed by atoms with Gasteiger partial charge < -0.3 is 19.5 Å². The Hall–Kier alpha value is -2.80. The zero-order valence-corrected chi connectivity index (χ0v) is 14.8. The minimum Gasteiger partial charge on any atom is -0.493 e. The number of benzene rings is 2. The van der Waals surface area contributed by atoms with Crippen LogP contribution in [0.4, 0.5) is 5.13 Å². The minimum atomic E-state index is -0.607. The molecule has 1 aromatic heterocycles. The van der Waals surface area contributed by atoms with Crippen LogP contribution in [-0.2, 0) is 4.74 Å². The number of esters is 1. The Bertz CT molecular complexity index is 983. The normalized spacial score (nSPS) is 15.8. The monoisotopic (exact) mass is 356 g/mol. The molecule has 0 radical (unpaired) electrons. The molecule has 1 aliphatic rings. The van der Waals surface area contributed by atoms with Gasteiger partial charge in [0.2, 0.25) is 6.23 Å². The van der Waals surface area contributed by atoms with Crippen molar-refractivity contribution in [2.75, 3.05) is 19.5 Å². The molecule has 0 bridgehead atoms. The van der Waals surface area contributed by atoms with Crippen molar-refractivity contribution in [2.45, 2.75) is 13.2 Å². The average molecular weight is 356 g/mol. The van der Waals surface area contributed by atoms with Crippen LogP contribution in [0.15, 0.2) is 30.3 Å². The van der Waals surface area contributed by atoms with Crippen molar-refractivity contribution in [3.8, 4) is 11.5 Å². The number of carbonyl (C=O) groups excluding carboxylic acids is 1. The maximum atomic E-state index is 12.3. The summed E-state index contributed by atoms with van der Waals surface area (Å²) in [5.74, 6) is 0.434. The standard InChI is InChI=1S/C18H16N2O4S/c1-9-4-6-11-13(8-9)25-18(19-11)20-16-10-5-7-12(22-2)15(23-3)14(10)17(21)24-16/h4-8,16H,1-3H3,(H,19,20)/t16-/m1/s1. The van der Waals surface area contributed by atoms with Gasteiger partial charge in [-0.1, -0.05) is 17.4 Å². The molecule has 0 unspecified atom stereocenters. The van der Waals surface area contributed by atoms with Crippen molar-refractivity contribution >= 4 is 32.7 Å². The van der Waals surface area contributed by atoms with Gasteiger partial charge >= 0.3 is 5.97 Å². The highest BCUT2D eigenvalue weighted by atomic mass is 32.1. The quantitative estimate of drug-likeness (QED) is 0.715.